The SMILES string of the molecule is COc1cccc(C(=O)CN2C(=O)N[C@]3(CCCC[C@@H]3C)C2=O)c1. The average molecular weight is 330 g/mol. The van der Waals surface area contributed by atoms with Gasteiger partial charge < -0.3 is 10.1 Å². The first-order chi connectivity index (χ1) is 11.5. The van der Waals surface area contributed by atoms with E-state index in [-0.39, 0.29) is 24.2 Å². The van der Waals surface area contributed by atoms with Crippen molar-refractivity contribution >= 4 is 17.7 Å². The lowest BCUT2D eigenvalue weighted by Gasteiger charge is -2.36. The van der Waals surface area contributed by atoms with Gasteiger partial charge in [-0.1, -0.05) is 31.9 Å². The van der Waals surface area contributed by atoms with Crippen LogP contribution in [0.3, 0.4) is 0 Å². The van der Waals surface area contributed by atoms with E-state index in [1.54, 1.807) is 24.3 Å². The monoisotopic (exact) mass is 330 g/mol. The molecule has 1 N–H and O–H groups in total. The van der Waals surface area contributed by atoms with Crippen LogP contribution in [0.15, 0.2) is 24.3 Å². The quantitative estimate of drug-likeness (QED) is 0.679. The Morgan fingerprint density at radius 3 is 2.88 bits per heavy atom. The minimum atomic E-state index is -0.829. The van der Waals surface area contributed by atoms with Crippen molar-refractivity contribution in [1.82, 2.24) is 10.2 Å². The molecule has 2 aliphatic rings. The fraction of sp³-hybridized carbons (Fsp3) is 0.500. The van der Waals surface area contributed by atoms with Gasteiger partial charge in [0.15, 0.2) is 5.78 Å². The van der Waals surface area contributed by atoms with Crippen molar-refractivity contribution < 1.29 is 19.1 Å². The van der Waals surface area contributed by atoms with Crippen LogP contribution >= 0.6 is 0 Å². The molecule has 3 amide bonds. The summed E-state index contributed by atoms with van der Waals surface area (Å²) in [5, 5.41) is 2.86. The summed E-state index contributed by atoms with van der Waals surface area (Å²) < 4.78 is 5.11. The van der Waals surface area contributed by atoms with Crippen molar-refractivity contribution in [3.05, 3.63) is 29.8 Å². The summed E-state index contributed by atoms with van der Waals surface area (Å²) in [4.78, 5) is 38.7. The molecule has 1 aromatic carbocycles. The van der Waals surface area contributed by atoms with Gasteiger partial charge in [-0.05, 0) is 30.9 Å². The molecule has 1 aliphatic carbocycles. The number of nitrogens with zero attached hydrogens (tertiary/aromatic N) is 1. The minimum Gasteiger partial charge on any atom is -0.497 e. The van der Waals surface area contributed by atoms with Gasteiger partial charge in [0.2, 0.25) is 0 Å². The molecule has 6 nitrogen and oxygen atoms in total. The Morgan fingerprint density at radius 2 is 2.17 bits per heavy atom. The maximum absolute atomic E-state index is 12.9. The largest absolute Gasteiger partial charge is 0.497 e. The zero-order valence-corrected chi connectivity index (χ0v) is 14.0. The van der Waals surface area contributed by atoms with Gasteiger partial charge in [0, 0.05) is 5.56 Å². The van der Waals surface area contributed by atoms with E-state index < -0.39 is 11.6 Å². The maximum Gasteiger partial charge on any atom is 0.325 e. The molecule has 1 aromatic rings. The zero-order chi connectivity index (χ0) is 17.3. The number of benzene rings is 1. The molecule has 6 heteroatoms. The lowest BCUT2D eigenvalue weighted by Crippen LogP contribution is -2.54. The molecule has 1 saturated carbocycles. The highest BCUT2D eigenvalue weighted by Gasteiger charge is 2.55. The first-order valence-corrected chi connectivity index (χ1v) is 8.29. The fourth-order valence-corrected chi connectivity index (χ4v) is 3.67. The van der Waals surface area contributed by atoms with Gasteiger partial charge in [0.05, 0.1) is 13.7 Å². The van der Waals surface area contributed by atoms with Crippen molar-refractivity contribution in [2.45, 2.75) is 38.1 Å². The molecule has 1 saturated heterocycles. The van der Waals surface area contributed by atoms with E-state index in [1.807, 2.05) is 6.92 Å². The predicted molar refractivity (Wildman–Crippen MR) is 87.9 cm³/mol. The number of carbonyl (C=O) groups excluding carboxylic acids is 3. The standard InChI is InChI=1S/C18H22N2O4/c1-12-6-3-4-9-18(12)16(22)20(17(23)19-18)11-15(21)13-7-5-8-14(10-13)24-2/h5,7-8,10,12H,3-4,6,9,11H2,1-2H3,(H,19,23)/t12-,18-/m0/s1. The molecule has 2 fully saturated rings. The fourth-order valence-electron chi connectivity index (χ4n) is 3.67. The number of methoxy groups -OCH3 is 1. The lowest BCUT2D eigenvalue weighted by atomic mass is 9.73. The molecule has 3 rings (SSSR count). The van der Waals surface area contributed by atoms with Crippen molar-refractivity contribution in [3.8, 4) is 5.75 Å². The number of imide groups is 1. The summed E-state index contributed by atoms with van der Waals surface area (Å²) in [6.07, 6.45) is 3.52. The van der Waals surface area contributed by atoms with Gasteiger partial charge >= 0.3 is 6.03 Å². The van der Waals surface area contributed by atoms with Gasteiger partial charge in [0.25, 0.3) is 5.91 Å². The molecular weight excluding hydrogens is 308 g/mol. The lowest BCUT2D eigenvalue weighted by molar-refractivity contribution is -0.133. The van der Waals surface area contributed by atoms with Gasteiger partial charge in [-0.2, -0.15) is 0 Å². The van der Waals surface area contributed by atoms with Gasteiger partial charge in [0.1, 0.15) is 11.3 Å². The van der Waals surface area contributed by atoms with Crippen molar-refractivity contribution in [2.24, 2.45) is 5.92 Å². The molecule has 1 spiro atoms. The highest BCUT2D eigenvalue weighted by molar-refractivity contribution is 6.11. The molecule has 0 radical (unpaired) electrons. The highest BCUT2D eigenvalue weighted by atomic mass is 16.5. The molecular formula is C18H22N2O4. The first kappa shape index (κ1) is 16.5. The van der Waals surface area contributed by atoms with Crippen molar-refractivity contribution in [3.63, 3.8) is 0 Å². The number of urea groups is 1. The number of rotatable bonds is 4. The number of Topliss-reactive ketones (excluding diaryl/α,β-unsaturated/α-hetero) is 1. The van der Waals surface area contributed by atoms with Crippen LogP contribution in [0.1, 0.15) is 43.0 Å². The van der Waals surface area contributed by atoms with Crippen LogP contribution in [0.5, 0.6) is 5.75 Å². The summed E-state index contributed by atoms with van der Waals surface area (Å²) in [7, 11) is 1.52. The van der Waals surface area contributed by atoms with Crippen molar-refractivity contribution in [1.29, 1.82) is 0 Å². The van der Waals surface area contributed by atoms with Crippen LogP contribution in [0.4, 0.5) is 4.79 Å². The Balaban J connectivity index is 1.78. The van der Waals surface area contributed by atoms with E-state index in [0.29, 0.717) is 17.7 Å². The predicted octanol–water partition coefficient (Wildman–Crippen LogP) is 2.38. The van der Waals surface area contributed by atoms with E-state index >= 15 is 0 Å². The molecule has 1 heterocycles. The number of ether oxygens (including phenoxy) is 1. The summed E-state index contributed by atoms with van der Waals surface area (Å²) in [5.74, 6) is 0.101. The summed E-state index contributed by atoms with van der Waals surface area (Å²) in [6.45, 7) is 1.75. The van der Waals surface area contributed by atoms with Crippen molar-refractivity contribution in [2.75, 3.05) is 13.7 Å². The van der Waals surface area contributed by atoms with Crippen LogP contribution in [0, 0.1) is 5.92 Å². The summed E-state index contributed by atoms with van der Waals surface area (Å²) >= 11 is 0. The topological polar surface area (TPSA) is 75.7 Å². The van der Waals surface area contributed by atoms with Gasteiger partial charge in [-0.25, -0.2) is 4.79 Å². The normalized spacial score (nSPS) is 26.6. The third-order valence-corrected chi connectivity index (χ3v) is 5.19. The van der Waals surface area contributed by atoms with Crippen LogP contribution in [-0.2, 0) is 4.79 Å². The zero-order valence-electron chi connectivity index (χ0n) is 14.0. The molecule has 24 heavy (non-hydrogen) atoms. The maximum atomic E-state index is 12.9. The van der Waals surface area contributed by atoms with E-state index in [4.69, 9.17) is 4.74 Å². The van der Waals surface area contributed by atoms with Gasteiger partial charge in [-0.3, -0.25) is 14.5 Å². The Morgan fingerprint density at radius 1 is 1.38 bits per heavy atom. The molecule has 0 bridgehead atoms. The number of carbonyl (C=O) groups is 3. The summed E-state index contributed by atoms with van der Waals surface area (Å²) in [5.41, 5.74) is -0.406. The second kappa shape index (κ2) is 6.26. The Bertz CT molecular complexity index is 687. The summed E-state index contributed by atoms with van der Waals surface area (Å²) in [6, 6.07) is 6.25. The molecule has 2 atom stereocenters. The number of amides is 3. The highest BCUT2D eigenvalue weighted by Crippen LogP contribution is 2.38. The van der Waals surface area contributed by atoms with Crippen LogP contribution in [0.25, 0.3) is 0 Å². The molecule has 1 aliphatic heterocycles. The smallest absolute Gasteiger partial charge is 0.325 e. The molecule has 128 valence electrons. The van der Waals surface area contributed by atoms with E-state index in [0.717, 1.165) is 24.2 Å². The number of ketones is 1. The Labute approximate surface area is 141 Å². The van der Waals surface area contributed by atoms with Crippen LogP contribution in [0.2, 0.25) is 0 Å². The van der Waals surface area contributed by atoms with Crippen LogP contribution in [-0.4, -0.2) is 41.8 Å². The second-order valence-corrected chi connectivity index (χ2v) is 6.59. The molecule has 0 aromatic heterocycles. The Kier molecular flexibility index (Phi) is 4.30. The Hall–Kier alpha value is -2.37. The number of hydrogen-bond donors (Lipinski definition) is 1. The minimum absolute atomic E-state index is 0.0830. The average Bonchev–Trinajstić information content (AvgIpc) is 2.82. The molecule has 0 unspecified atom stereocenters. The van der Waals surface area contributed by atoms with Gasteiger partial charge in [-0.15, -0.1) is 0 Å². The van der Waals surface area contributed by atoms with E-state index in [2.05, 4.69) is 5.32 Å². The van der Waals surface area contributed by atoms with Crippen LogP contribution < -0.4 is 10.1 Å². The van der Waals surface area contributed by atoms with E-state index in [1.165, 1.54) is 7.11 Å². The number of hydrogen-bond acceptors (Lipinski definition) is 4. The van der Waals surface area contributed by atoms with E-state index in [9.17, 15) is 14.4 Å². The first-order valence-electron chi connectivity index (χ1n) is 8.29. The number of nitrogens with one attached hydrogen (secondary N) is 1. The third kappa shape index (κ3) is 2.66. The third-order valence-electron chi connectivity index (χ3n) is 5.19. The second-order valence-electron chi connectivity index (χ2n) is 6.59.